The van der Waals surface area contributed by atoms with Gasteiger partial charge in [0.05, 0.1) is 0 Å². The second-order valence-electron chi connectivity index (χ2n) is 3.99. The van der Waals surface area contributed by atoms with Gasteiger partial charge in [-0.3, -0.25) is 14.4 Å². The number of carboxylic acid groups (broad SMARTS) is 3. The Morgan fingerprint density at radius 2 is 1.33 bits per heavy atom. The predicted molar refractivity (Wildman–Crippen MR) is 106 cm³/mol. The quantitative estimate of drug-likeness (QED) is 0.0945. The average molecular weight is 910 g/mol. The summed E-state index contributed by atoms with van der Waals surface area (Å²) in [6.07, 6.45) is 0.146. The molecule has 0 aliphatic rings. The van der Waals surface area contributed by atoms with Gasteiger partial charge in [0, 0.05) is 19.5 Å². The first-order valence-electron chi connectivity index (χ1n) is 8.04. The van der Waals surface area contributed by atoms with Crippen molar-refractivity contribution in [1.82, 2.24) is 11.0 Å². The van der Waals surface area contributed by atoms with Gasteiger partial charge in [-0.25, -0.2) is 11.0 Å². The fraction of sp³-hybridized carbons (Fsp3) is 0.667. The van der Waals surface area contributed by atoms with Crippen LogP contribution in [0.1, 0.15) is 40.5 Å². The Morgan fingerprint density at radius 1 is 1.03 bits per heavy atom. The molecule has 0 heterocycles. The van der Waals surface area contributed by atoms with Gasteiger partial charge in [0.2, 0.25) is 0 Å². The zero-order chi connectivity index (χ0) is 22.7. The summed E-state index contributed by atoms with van der Waals surface area (Å²) >= 11 is 0. The van der Waals surface area contributed by atoms with Gasteiger partial charge in [0.15, 0.2) is 0 Å². The molecule has 0 aliphatic carbocycles. The molecule has 1 unspecified atom stereocenters. The topological polar surface area (TPSA) is 251 Å². The second-order valence-corrected chi connectivity index (χ2v) is 3.99. The molecule has 30 heavy (non-hydrogen) atoms. The van der Waals surface area contributed by atoms with Crippen LogP contribution in [0.2, 0.25) is 0 Å². The van der Waals surface area contributed by atoms with Crippen molar-refractivity contribution < 1.29 is 39.7 Å². The molecule has 0 rings (SSSR count). The van der Waals surface area contributed by atoms with Crippen molar-refractivity contribution in [2.75, 3.05) is 19.6 Å². The number of hydroxylamine groups is 2. The largest absolute Gasteiger partial charge is 0.693 e. The minimum Gasteiger partial charge on any atom is -0.693 e. The number of nitrogens with two attached hydrogens (primary N) is 3. The third-order valence-electron chi connectivity index (χ3n) is 1.35. The Morgan fingerprint density at radius 3 is 1.47 bits per heavy atom. The zero-order valence-corrected chi connectivity index (χ0v) is 23.6. The second kappa shape index (κ2) is 49.9. The van der Waals surface area contributed by atoms with Crippen LogP contribution in [-0.4, -0.2) is 64.1 Å². The summed E-state index contributed by atoms with van der Waals surface area (Å²) in [6, 6.07) is -0.981. The normalized spacial score (nSPS) is 8.40. The maximum absolute atomic E-state index is 9.82. The van der Waals surface area contributed by atoms with Crippen LogP contribution < -0.4 is 22.4 Å². The monoisotopic (exact) mass is 902 g/mol. The van der Waals surface area contributed by atoms with Gasteiger partial charge in [-0.1, -0.05) is 34.1 Å². The molecule has 0 amide bonds. The third-order valence-corrected chi connectivity index (χ3v) is 1.35. The van der Waals surface area contributed by atoms with E-state index in [0.717, 1.165) is 6.54 Å². The number of rotatable bonds is 8. The smallest absolute Gasteiger partial charge is 0.303 e. The fourth-order valence-corrected chi connectivity index (χ4v) is 0.255. The summed E-state index contributed by atoms with van der Waals surface area (Å²) in [4.78, 5) is 33.2. The van der Waals surface area contributed by atoms with Gasteiger partial charge in [0.25, 0.3) is 11.9 Å². The summed E-state index contributed by atoms with van der Waals surface area (Å²) in [6.45, 7) is 13.4. The zero-order valence-electron chi connectivity index (χ0n) is 17.8. The Labute approximate surface area is 166 Å². The van der Waals surface area contributed by atoms with Crippen LogP contribution in [0, 0.1) is 13.5 Å². The van der Waals surface area contributed by atoms with E-state index in [0.29, 0.717) is 13.1 Å². The third kappa shape index (κ3) is 155. The first-order chi connectivity index (χ1) is 12.5. The van der Waals surface area contributed by atoms with Crippen molar-refractivity contribution in [3.63, 3.8) is 0 Å². The molecule has 12 N–H and O–H groups in total. The summed E-state index contributed by atoms with van der Waals surface area (Å²) < 4.78 is 0. The number of hydrogen-bond acceptors (Lipinski definition) is 9. The average Bonchev–Trinajstić information content (AvgIpc) is 2.60. The Kier molecular flexibility index (Phi) is 83.4. The van der Waals surface area contributed by atoms with Crippen molar-refractivity contribution in [3.8, 4) is 0 Å². The molecule has 1 atom stereocenters. The minimum absolute atomic E-state index is 0. The van der Waals surface area contributed by atoms with Gasteiger partial charge in [-0.15, -0.1) is 0 Å². The molecule has 0 aromatic carbocycles. The predicted octanol–water partition coefficient (Wildman–Crippen LogP) is 0.545. The number of aliphatic carboxylic acids is 3. The summed E-state index contributed by atoms with van der Waals surface area (Å²) in [7, 11) is 0. The minimum atomic E-state index is -1.07. The van der Waals surface area contributed by atoms with Crippen molar-refractivity contribution in [1.29, 1.82) is 0 Å². The van der Waals surface area contributed by atoms with E-state index < -0.39 is 23.9 Å². The SMILES string of the molecule is CCC(=O)O.CCN.CCNO.CCNO[CH-]CC(=O)O.[CH2-]C(N)C(=O)O.[Cm].[Cm].[NH2-]. The molecule has 0 radical (unpaired) electrons. The molecule has 0 saturated heterocycles. The fourth-order valence-electron chi connectivity index (χ4n) is 0.255. The van der Waals surface area contributed by atoms with Gasteiger partial charge >= 0.3 is 5.97 Å². The molecule has 0 spiro atoms. The van der Waals surface area contributed by atoms with Gasteiger partial charge in [0.1, 0.15) is 0 Å². The molecule has 13 nitrogen and oxygen atoms in total. The standard InChI is InChI=1S/C5H10NO3.C3H6NO2.C3H6O2.C2H7NO.C2H7N.2Cm.H2N/c1-2-6-9-4-3-5(7)8;1-2(4)3(5)6;1-2-3(4)5;1-2-3-4;1-2-3;;;/h4,6H,2-3H2,1H3,(H,7,8);2H,1,4H2,(H,5,6);2H2,1H3,(H,4,5);3-4H,2H2,1H3;2-3H2,1H3;;;1H2/q2*-1;;;;;;-1. The Hall–Kier alpha value is -3.87. The van der Waals surface area contributed by atoms with Gasteiger partial charge in [-0.2, -0.15) is 6.61 Å². The molecule has 15 heteroatoms. The number of carbonyl (C=O) groups is 3. The molecular weight excluding hydrogens is 872 g/mol. The van der Waals surface area contributed by atoms with Crippen LogP contribution in [0.4, 0.5) is 0 Å². The molecule has 0 aromatic rings. The van der Waals surface area contributed by atoms with Crippen LogP contribution in [0.15, 0.2) is 0 Å². The van der Waals surface area contributed by atoms with Gasteiger partial charge < -0.3 is 49.9 Å². The van der Waals surface area contributed by atoms with E-state index in [2.05, 4.69) is 17.2 Å². The first-order valence-corrected chi connectivity index (χ1v) is 8.04. The van der Waals surface area contributed by atoms with Crippen LogP contribution in [-0.2, 0) is 19.2 Å². The van der Waals surface area contributed by atoms with Crippen molar-refractivity contribution in [2.45, 2.75) is 46.6 Å². The maximum Gasteiger partial charge on any atom is 0.303 e. The molecule has 0 aromatic heterocycles. The van der Waals surface area contributed by atoms with E-state index in [9.17, 15) is 14.4 Å². The van der Waals surface area contributed by atoms with Crippen LogP contribution in [0.5, 0.6) is 0 Å². The van der Waals surface area contributed by atoms with Crippen LogP contribution in [0.3, 0.4) is 0 Å². The molecule has 190 valence electrons. The summed E-state index contributed by atoms with van der Waals surface area (Å²) in [5, 5.41) is 31.2. The molecule has 0 bridgehead atoms. The van der Waals surface area contributed by atoms with Crippen molar-refractivity contribution in [2.24, 2.45) is 11.5 Å². The van der Waals surface area contributed by atoms with E-state index in [1.165, 1.54) is 6.61 Å². The van der Waals surface area contributed by atoms with Crippen molar-refractivity contribution in [3.05, 3.63) is 19.7 Å². The number of nitrogens with one attached hydrogen (secondary N) is 2. The molecule has 0 saturated carbocycles. The van der Waals surface area contributed by atoms with E-state index in [4.69, 9.17) is 32.0 Å². The van der Waals surface area contributed by atoms with Crippen LogP contribution in [0.25, 0.3) is 6.15 Å². The van der Waals surface area contributed by atoms with E-state index in [-0.39, 0.29) is 19.0 Å². The maximum atomic E-state index is 9.82. The van der Waals surface area contributed by atoms with Crippen molar-refractivity contribution >= 4 is 17.9 Å². The summed E-state index contributed by atoms with van der Waals surface area (Å²) in [5.74, 6) is -2.71. The first kappa shape index (κ1) is 50.2. The molecular formula is C15H38Cm2N5O8-3. The summed E-state index contributed by atoms with van der Waals surface area (Å²) in [5.41, 5.74) is 14.0. The number of hydrogen-bond donors (Lipinski definition) is 8. The van der Waals surface area contributed by atoms with Crippen LogP contribution >= 0.6 is 0 Å². The molecule has 0 aliphatic heterocycles. The molecule has 0 fully saturated rings. The number of carboxylic acids is 3. The van der Waals surface area contributed by atoms with E-state index in [1.807, 2.05) is 26.3 Å². The van der Waals surface area contributed by atoms with E-state index >= 15 is 0 Å². The van der Waals surface area contributed by atoms with Gasteiger partial charge in [-0.05, 0) is 12.6 Å². The Bertz CT molecular complexity index is 329. The van der Waals surface area contributed by atoms with E-state index in [1.54, 1.807) is 6.92 Å². The Balaban J connectivity index is -0.0000000344.